The van der Waals surface area contributed by atoms with Gasteiger partial charge in [-0.1, -0.05) is 38.0 Å². The molecule has 1 amide bonds. The molecule has 1 heterocycles. The van der Waals surface area contributed by atoms with Crippen LogP contribution >= 0.6 is 0 Å². The predicted octanol–water partition coefficient (Wildman–Crippen LogP) is 1.96. The maximum atomic E-state index is 12.3. The van der Waals surface area contributed by atoms with E-state index >= 15 is 0 Å². The monoisotopic (exact) mass is 372 g/mol. The fraction of sp³-hybridized carbons (Fsp3) is 0.368. The van der Waals surface area contributed by atoms with Gasteiger partial charge in [0.25, 0.3) is 5.56 Å². The number of hydrogen-bond donors (Lipinski definition) is 3. The van der Waals surface area contributed by atoms with Crippen LogP contribution in [0.2, 0.25) is 0 Å². The van der Waals surface area contributed by atoms with Crippen molar-refractivity contribution in [3.05, 3.63) is 56.2 Å². The lowest BCUT2D eigenvalue weighted by Gasteiger charge is -2.12. The third-order valence-electron chi connectivity index (χ3n) is 4.07. The summed E-state index contributed by atoms with van der Waals surface area (Å²) in [5.41, 5.74) is 2.31. The van der Waals surface area contributed by atoms with Gasteiger partial charge in [0.2, 0.25) is 11.8 Å². The van der Waals surface area contributed by atoms with Crippen molar-refractivity contribution in [1.29, 1.82) is 0 Å². The zero-order valence-corrected chi connectivity index (χ0v) is 15.7. The molecule has 0 aliphatic carbocycles. The Kier molecular flexibility index (Phi) is 6.70. The summed E-state index contributed by atoms with van der Waals surface area (Å²) in [4.78, 5) is 38.5. The van der Waals surface area contributed by atoms with E-state index in [0.29, 0.717) is 12.1 Å². The molecule has 1 aromatic heterocycles. The summed E-state index contributed by atoms with van der Waals surface area (Å²) in [5, 5.41) is 14.6. The van der Waals surface area contributed by atoms with Crippen molar-refractivity contribution in [1.82, 2.24) is 15.0 Å². The van der Waals surface area contributed by atoms with Gasteiger partial charge >= 0.3 is 5.69 Å². The first-order chi connectivity index (χ1) is 12.9. The second-order valence-corrected chi connectivity index (χ2v) is 6.18. The lowest BCUT2D eigenvalue weighted by Crippen LogP contribution is -2.33. The molecule has 0 atom stereocenters. The van der Waals surface area contributed by atoms with Crippen LogP contribution in [0.15, 0.2) is 39.0 Å². The van der Waals surface area contributed by atoms with Crippen LogP contribution in [0.1, 0.15) is 50.7 Å². The number of carbonyl (C=O) groups excluding carboxylic acids is 1. The van der Waals surface area contributed by atoms with Crippen molar-refractivity contribution in [2.24, 2.45) is 5.10 Å². The highest BCUT2D eigenvalue weighted by molar-refractivity contribution is 6.02. The maximum Gasteiger partial charge on any atom is 0.335 e. The van der Waals surface area contributed by atoms with Gasteiger partial charge in [-0.15, -0.1) is 0 Å². The Labute approximate surface area is 156 Å². The summed E-state index contributed by atoms with van der Waals surface area (Å²) in [6.07, 6.45) is 2.20. The Morgan fingerprint density at radius 1 is 1.22 bits per heavy atom. The minimum absolute atomic E-state index is 0.145. The number of aryl methyl sites for hydroxylation is 1. The predicted molar refractivity (Wildman–Crippen MR) is 104 cm³/mol. The number of nitrogens with zero attached hydrogens (tertiary/aromatic N) is 2. The summed E-state index contributed by atoms with van der Waals surface area (Å²) in [7, 11) is 0. The van der Waals surface area contributed by atoms with Crippen molar-refractivity contribution in [3.63, 3.8) is 0 Å². The van der Waals surface area contributed by atoms with Gasteiger partial charge in [-0.3, -0.25) is 14.6 Å². The maximum absolute atomic E-state index is 12.3. The lowest BCUT2D eigenvalue weighted by molar-refractivity contribution is -0.121. The largest absolute Gasteiger partial charge is 0.493 e. The number of aromatic amines is 1. The van der Waals surface area contributed by atoms with Crippen LogP contribution in [-0.4, -0.2) is 26.3 Å². The number of rotatable bonds is 7. The second kappa shape index (κ2) is 8.98. The fourth-order valence-electron chi connectivity index (χ4n) is 2.55. The summed E-state index contributed by atoms with van der Waals surface area (Å²) < 4.78 is 1.00. The Morgan fingerprint density at radius 2 is 1.89 bits per heavy atom. The molecule has 0 aliphatic heterocycles. The summed E-state index contributed by atoms with van der Waals surface area (Å²) in [5.74, 6) is -0.790. The molecule has 0 radical (unpaired) electrons. The van der Waals surface area contributed by atoms with Crippen LogP contribution in [0.25, 0.3) is 5.69 Å². The SMILES string of the molecule is CCCCC(=O)N/N=C(/CC)c1c(O)n(-c2ccc(C)cc2)c(=O)[nH]c1=O. The molecule has 0 saturated carbocycles. The summed E-state index contributed by atoms with van der Waals surface area (Å²) in [6.45, 7) is 5.60. The average molecular weight is 372 g/mol. The van der Waals surface area contributed by atoms with E-state index in [0.717, 1.165) is 23.0 Å². The van der Waals surface area contributed by atoms with E-state index in [1.807, 2.05) is 13.8 Å². The number of aromatic hydroxyl groups is 1. The minimum atomic E-state index is -0.760. The van der Waals surface area contributed by atoms with Crippen molar-refractivity contribution in [2.75, 3.05) is 0 Å². The number of carbonyl (C=O) groups is 1. The number of aromatic nitrogens is 2. The van der Waals surface area contributed by atoms with Crippen molar-refractivity contribution in [3.8, 4) is 11.6 Å². The van der Waals surface area contributed by atoms with Crippen molar-refractivity contribution < 1.29 is 9.90 Å². The van der Waals surface area contributed by atoms with Gasteiger partial charge in [-0.05, 0) is 31.9 Å². The van der Waals surface area contributed by atoms with Gasteiger partial charge in [0.1, 0.15) is 5.56 Å². The third kappa shape index (κ3) is 4.72. The van der Waals surface area contributed by atoms with Gasteiger partial charge in [0.05, 0.1) is 11.4 Å². The molecule has 2 rings (SSSR count). The molecule has 144 valence electrons. The first-order valence-corrected chi connectivity index (χ1v) is 8.90. The normalized spacial score (nSPS) is 11.4. The van der Waals surface area contributed by atoms with Gasteiger partial charge in [-0.25, -0.2) is 14.8 Å². The van der Waals surface area contributed by atoms with Gasteiger partial charge < -0.3 is 5.11 Å². The van der Waals surface area contributed by atoms with E-state index in [1.54, 1.807) is 31.2 Å². The van der Waals surface area contributed by atoms with Crippen LogP contribution in [0.5, 0.6) is 5.88 Å². The van der Waals surface area contributed by atoms with Gasteiger partial charge in [0.15, 0.2) is 0 Å². The third-order valence-corrected chi connectivity index (χ3v) is 4.07. The van der Waals surface area contributed by atoms with Crippen molar-refractivity contribution >= 4 is 11.6 Å². The molecular weight excluding hydrogens is 348 g/mol. The first kappa shape index (κ1) is 20.2. The Hall–Kier alpha value is -3.16. The van der Waals surface area contributed by atoms with E-state index < -0.39 is 17.1 Å². The molecule has 3 N–H and O–H groups in total. The van der Waals surface area contributed by atoms with Crippen LogP contribution in [0.3, 0.4) is 0 Å². The Morgan fingerprint density at radius 3 is 2.48 bits per heavy atom. The number of benzene rings is 1. The highest BCUT2D eigenvalue weighted by Gasteiger charge is 2.19. The van der Waals surface area contributed by atoms with Crippen LogP contribution in [-0.2, 0) is 4.79 Å². The lowest BCUT2D eigenvalue weighted by atomic mass is 10.1. The molecule has 0 fully saturated rings. The molecule has 27 heavy (non-hydrogen) atoms. The quantitative estimate of drug-likeness (QED) is 0.509. The zero-order valence-electron chi connectivity index (χ0n) is 15.7. The molecule has 0 aliphatic rings. The van der Waals surface area contributed by atoms with E-state index in [4.69, 9.17) is 0 Å². The second-order valence-electron chi connectivity index (χ2n) is 6.18. The zero-order chi connectivity index (χ0) is 20.0. The van der Waals surface area contributed by atoms with E-state index in [9.17, 15) is 19.5 Å². The highest BCUT2D eigenvalue weighted by atomic mass is 16.3. The molecule has 0 saturated heterocycles. The van der Waals surface area contributed by atoms with Crippen LogP contribution in [0.4, 0.5) is 0 Å². The van der Waals surface area contributed by atoms with E-state index in [1.165, 1.54) is 0 Å². The standard InChI is InChI=1S/C19H24N4O4/c1-4-6-7-15(24)22-21-14(5-2)16-17(25)20-19(27)23(18(16)26)13-10-8-12(3)9-11-13/h8-11,26H,4-7H2,1-3H3,(H,22,24)(H,20,25,27)/b21-14-. The number of hydrazone groups is 1. The Bertz CT molecular complexity index is 955. The van der Waals surface area contributed by atoms with E-state index in [2.05, 4.69) is 15.5 Å². The highest BCUT2D eigenvalue weighted by Crippen LogP contribution is 2.18. The fourth-order valence-corrected chi connectivity index (χ4v) is 2.55. The topological polar surface area (TPSA) is 117 Å². The first-order valence-electron chi connectivity index (χ1n) is 8.90. The molecular formula is C19H24N4O4. The molecule has 8 heteroatoms. The van der Waals surface area contributed by atoms with E-state index in [-0.39, 0.29) is 23.6 Å². The minimum Gasteiger partial charge on any atom is -0.493 e. The van der Waals surface area contributed by atoms with Crippen LogP contribution < -0.4 is 16.7 Å². The molecule has 0 bridgehead atoms. The number of H-pyrrole nitrogens is 1. The van der Waals surface area contributed by atoms with Gasteiger partial charge in [0, 0.05) is 6.42 Å². The molecule has 8 nitrogen and oxygen atoms in total. The number of unbranched alkanes of at least 4 members (excludes halogenated alkanes) is 1. The molecule has 2 aromatic rings. The summed E-state index contributed by atoms with van der Waals surface area (Å²) in [6, 6.07) is 6.89. The van der Waals surface area contributed by atoms with Gasteiger partial charge in [-0.2, -0.15) is 5.10 Å². The van der Waals surface area contributed by atoms with Crippen molar-refractivity contribution in [2.45, 2.75) is 46.5 Å². The van der Waals surface area contributed by atoms with Crippen LogP contribution in [0, 0.1) is 6.92 Å². The smallest absolute Gasteiger partial charge is 0.335 e. The molecule has 0 spiro atoms. The number of amides is 1. The summed E-state index contributed by atoms with van der Waals surface area (Å²) >= 11 is 0. The number of hydrogen-bond acceptors (Lipinski definition) is 5. The molecule has 1 aromatic carbocycles. The molecule has 0 unspecified atom stereocenters. The Balaban J connectivity index is 2.50. The number of nitrogens with one attached hydrogen (secondary N) is 2. The average Bonchev–Trinajstić information content (AvgIpc) is 2.63.